The zero-order chi connectivity index (χ0) is 12.4. The highest BCUT2D eigenvalue weighted by Gasteiger charge is 2.24. The van der Waals surface area contributed by atoms with Crippen LogP contribution < -0.4 is 5.73 Å². The molecule has 0 bridgehead atoms. The van der Waals surface area contributed by atoms with Gasteiger partial charge in [0.25, 0.3) is 0 Å². The van der Waals surface area contributed by atoms with E-state index in [4.69, 9.17) is 17.3 Å². The number of hydrogen-bond acceptors (Lipinski definition) is 2. The highest BCUT2D eigenvalue weighted by atomic mass is 35.5. The fourth-order valence-electron chi connectivity index (χ4n) is 2.76. The monoisotopic (exact) mass is 253 g/mol. The van der Waals surface area contributed by atoms with E-state index in [2.05, 4.69) is 0 Å². The molecule has 0 amide bonds. The molecule has 0 unspecified atom stereocenters. The first kappa shape index (κ1) is 12.7. The van der Waals surface area contributed by atoms with E-state index >= 15 is 0 Å². The van der Waals surface area contributed by atoms with Gasteiger partial charge in [0.2, 0.25) is 0 Å². The average Bonchev–Trinajstić information content (AvgIpc) is 2.34. The van der Waals surface area contributed by atoms with Crippen molar-refractivity contribution in [2.45, 2.75) is 45.1 Å². The molecule has 0 heterocycles. The minimum Gasteiger partial charge on any atom is -0.507 e. The molecule has 1 aromatic carbocycles. The van der Waals surface area contributed by atoms with Crippen molar-refractivity contribution in [3.8, 4) is 5.75 Å². The van der Waals surface area contributed by atoms with Crippen molar-refractivity contribution in [2.75, 3.05) is 0 Å². The highest BCUT2D eigenvalue weighted by molar-refractivity contribution is 6.30. The Bertz CT molecular complexity index is 399. The molecule has 1 aromatic rings. The first-order valence-electron chi connectivity index (χ1n) is 6.34. The normalized spacial score (nSPS) is 19.2. The number of halogens is 1. The molecule has 1 aliphatic rings. The van der Waals surface area contributed by atoms with E-state index in [-0.39, 0.29) is 6.04 Å². The maximum atomic E-state index is 10.1. The number of aryl methyl sites for hydroxylation is 1. The fourth-order valence-corrected chi connectivity index (χ4v) is 3.04. The molecule has 3 heteroatoms. The molecule has 1 saturated carbocycles. The van der Waals surface area contributed by atoms with Crippen LogP contribution in [0.1, 0.15) is 49.3 Å². The van der Waals surface area contributed by atoms with Gasteiger partial charge in [-0.1, -0.05) is 30.9 Å². The van der Waals surface area contributed by atoms with E-state index in [9.17, 15) is 5.11 Å². The Morgan fingerprint density at radius 2 is 1.94 bits per heavy atom. The van der Waals surface area contributed by atoms with Crippen LogP contribution in [0.15, 0.2) is 12.1 Å². The fraction of sp³-hybridized carbons (Fsp3) is 0.571. The summed E-state index contributed by atoms with van der Waals surface area (Å²) in [5, 5.41) is 10.7. The largest absolute Gasteiger partial charge is 0.507 e. The molecule has 3 N–H and O–H groups in total. The van der Waals surface area contributed by atoms with Gasteiger partial charge in [0, 0.05) is 16.6 Å². The minimum absolute atomic E-state index is 0.0901. The van der Waals surface area contributed by atoms with E-state index < -0.39 is 0 Å². The lowest BCUT2D eigenvalue weighted by molar-refractivity contribution is 0.303. The van der Waals surface area contributed by atoms with Crippen molar-refractivity contribution in [1.82, 2.24) is 0 Å². The summed E-state index contributed by atoms with van der Waals surface area (Å²) in [5.41, 5.74) is 7.90. The Morgan fingerprint density at radius 1 is 1.29 bits per heavy atom. The highest BCUT2D eigenvalue weighted by Crippen LogP contribution is 2.38. The van der Waals surface area contributed by atoms with E-state index in [1.165, 1.54) is 19.3 Å². The second kappa shape index (κ2) is 5.28. The molecule has 17 heavy (non-hydrogen) atoms. The lowest BCUT2D eigenvalue weighted by Gasteiger charge is -2.28. The van der Waals surface area contributed by atoms with Crippen molar-refractivity contribution >= 4 is 11.6 Å². The van der Waals surface area contributed by atoms with Gasteiger partial charge in [0.1, 0.15) is 5.75 Å². The zero-order valence-corrected chi connectivity index (χ0v) is 11.0. The van der Waals surface area contributed by atoms with Crippen LogP contribution >= 0.6 is 11.6 Å². The third-order valence-corrected chi connectivity index (χ3v) is 4.03. The van der Waals surface area contributed by atoms with Crippen molar-refractivity contribution < 1.29 is 5.11 Å². The second-order valence-electron chi connectivity index (χ2n) is 5.08. The first-order chi connectivity index (χ1) is 8.09. The summed E-state index contributed by atoms with van der Waals surface area (Å²) in [6, 6.07) is 3.49. The molecule has 0 aliphatic heterocycles. The van der Waals surface area contributed by atoms with Crippen LogP contribution in [0.4, 0.5) is 0 Å². The lowest BCUT2D eigenvalue weighted by Crippen LogP contribution is -2.23. The van der Waals surface area contributed by atoms with Crippen LogP contribution in [0.3, 0.4) is 0 Å². The number of nitrogens with two attached hydrogens (primary N) is 1. The van der Waals surface area contributed by atoms with E-state index in [0.717, 1.165) is 24.0 Å². The van der Waals surface area contributed by atoms with Gasteiger partial charge < -0.3 is 10.8 Å². The van der Waals surface area contributed by atoms with E-state index in [1.54, 1.807) is 6.07 Å². The van der Waals surface area contributed by atoms with Crippen molar-refractivity contribution in [1.29, 1.82) is 0 Å². The van der Waals surface area contributed by atoms with Gasteiger partial charge in [-0.2, -0.15) is 0 Å². The van der Waals surface area contributed by atoms with Gasteiger partial charge in [0.05, 0.1) is 0 Å². The average molecular weight is 254 g/mol. The molecular formula is C14H20ClNO. The second-order valence-corrected chi connectivity index (χ2v) is 5.52. The summed E-state index contributed by atoms with van der Waals surface area (Å²) in [6.07, 6.45) is 6.12. The summed E-state index contributed by atoms with van der Waals surface area (Å²) in [7, 11) is 0. The van der Waals surface area contributed by atoms with Crippen LogP contribution in [-0.4, -0.2) is 5.11 Å². The Hall–Kier alpha value is -0.730. The van der Waals surface area contributed by atoms with Crippen LogP contribution in [0.25, 0.3) is 0 Å². The number of hydrogen-bond donors (Lipinski definition) is 2. The van der Waals surface area contributed by atoms with Gasteiger partial charge in [-0.25, -0.2) is 0 Å². The summed E-state index contributed by atoms with van der Waals surface area (Å²) in [4.78, 5) is 0. The van der Waals surface area contributed by atoms with Crippen LogP contribution in [0, 0.1) is 12.8 Å². The Balaban J connectivity index is 2.26. The molecule has 0 aromatic heterocycles. The van der Waals surface area contributed by atoms with Gasteiger partial charge in [-0.05, 0) is 43.4 Å². The maximum Gasteiger partial charge on any atom is 0.123 e. The third kappa shape index (κ3) is 2.75. The molecular weight excluding hydrogens is 234 g/mol. The number of phenolic OH excluding ortho intramolecular Hbond substituents is 1. The number of phenols is 1. The van der Waals surface area contributed by atoms with Crippen LogP contribution in [0.2, 0.25) is 5.02 Å². The van der Waals surface area contributed by atoms with Crippen LogP contribution in [0.5, 0.6) is 5.75 Å². The molecule has 1 aliphatic carbocycles. The van der Waals surface area contributed by atoms with Crippen LogP contribution in [-0.2, 0) is 0 Å². The van der Waals surface area contributed by atoms with Gasteiger partial charge in [0.15, 0.2) is 0 Å². The standard InChI is InChI=1S/C14H20ClNO/c1-9-7-11(15)8-12(14(9)17)13(16)10-5-3-2-4-6-10/h7-8,10,13,17H,2-6,16H2,1H3/t13-/m0/s1. The van der Waals surface area contributed by atoms with Crippen molar-refractivity contribution in [3.05, 3.63) is 28.3 Å². The van der Waals surface area contributed by atoms with E-state index in [1.807, 2.05) is 13.0 Å². The van der Waals surface area contributed by atoms with Gasteiger partial charge in [-0.3, -0.25) is 0 Å². The summed E-state index contributed by atoms with van der Waals surface area (Å²) in [5.74, 6) is 0.792. The molecule has 1 atom stereocenters. The molecule has 1 fully saturated rings. The lowest BCUT2D eigenvalue weighted by atomic mass is 9.81. The Morgan fingerprint density at radius 3 is 2.59 bits per heavy atom. The predicted octanol–water partition coefficient (Wildman–Crippen LogP) is 3.93. The molecule has 0 radical (unpaired) electrons. The quantitative estimate of drug-likeness (QED) is 0.839. The predicted molar refractivity (Wildman–Crippen MR) is 71.4 cm³/mol. The third-order valence-electron chi connectivity index (χ3n) is 3.81. The molecule has 2 rings (SSSR count). The Labute approximate surface area is 108 Å². The summed E-state index contributed by atoms with van der Waals surface area (Å²) in [6.45, 7) is 1.86. The number of aromatic hydroxyl groups is 1. The molecule has 2 nitrogen and oxygen atoms in total. The zero-order valence-electron chi connectivity index (χ0n) is 10.2. The van der Waals surface area contributed by atoms with Crippen molar-refractivity contribution in [2.24, 2.45) is 11.7 Å². The first-order valence-corrected chi connectivity index (χ1v) is 6.72. The number of benzene rings is 1. The summed E-state index contributed by atoms with van der Waals surface area (Å²) < 4.78 is 0. The van der Waals surface area contributed by atoms with Gasteiger partial charge in [-0.15, -0.1) is 0 Å². The van der Waals surface area contributed by atoms with Crippen molar-refractivity contribution in [3.63, 3.8) is 0 Å². The summed E-state index contributed by atoms with van der Waals surface area (Å²) >= 11 is 6.04. The smallest absolute Gasteiger partial charge is 0.123 e. The van der Waals surface area contributed by atoms with E-state index in [0.29, 0.717) is 16.7 Å². The maximum absolute atomic E-state index is 10.1. The molecule has 0 saturated heterocycles. The number of rotatable bonds is 2. The van der Waals surface area contributed by atoms with Gasteiger partial charge >= 0.3 is 0 Å². The topological polar surface area (TPSA) is 46.2 Å². The Kier molecular flexibility index (Phi) is 3.95. The molecule has 0 spiro atoms. The SMILES string of the molecule is Cc1cc(Cl)cc([C@@H](N)C2CCCCC2)c1O. The minimum atomic E-state index is -0.0901. The molecule has 94 valence electrons.